The van der Waals surface area contributed by atoms with Crippen molar-refractivity contribution >= 4 is 60.6 Å². The van der Waals surface area contributed by atoms with Gasteiger partial charge in [-0.3, -0.25) is 0 Å². The lowest BCUT2D eigenvalue weighted by atomic mass is 9.91. The van der Waals surface area contributed by atoms with Gasteiger partial charge in [0.1, 0.15) is 9.58 Å². The van der Waals surface area contributed by atoms with Crippen LogP contribution in [-0.2, 0) is 0 Å². The lowest BCUT2D eigenvalue weighted by Gasteiger charge is -2.30. The molecule has 6 nitrogen and oxygen atoms in total. The number of hydrogen-bond acceptors (Lipinski definition) is 4. The SMILES string of the molecule is CC1=[N+]N([BH-](n2nc(C)c(Br)c2C)n2nc(C)c(Br)c2C)C(C)=C1Br. The third-order valence-corrected chi connectivity index (χ3v) is 8.13. The summed E-state index contributed by atoms with van der Waals surface area (Å²) in [7, 11) is -1.41. The van der Waals surface area contributed by atoms with E-state index < -0.39 is 7.12 Å². The molecule has 0 atom stereocenters. The molecule has 0 saturated carbocycles. The highest BCUT2D eigenvalue weighted by Crippen LogP contribution is 2.28. The number of hydrogen-bond donors (Lipinski definition) is 0. The number of aryl methyl sites for hydroxylation is 2. The van der Waals surface area contributed by atoms with Gasteiger partial charge < -0.3 is 9.19 Å². The summed E-state index contributed by atoms with van der Waals surface area (Å²) >= 11 is 10.9. The van der Waals surface area contributed by atoms with Crippen molar-refractivity contribution in [3.8, 4) is 0 Å². The minimum absolute atomic E-state index is 0.955. The summed E-state index contributed by atoms with van der Waals surface area (Å²) < 4.78 is 7.14. The van der Waals surface area contributed by atoms with Gasteiger partial charge in [0.2, 0.25) is 0 Å². The van der Waals surface area contributed by atoms with Gasteiger partial charge >= 0.3 is 7.12 Å². The van der Waals surface area contributed by atoms with Gasteiger partial charge in [-0.25, -0.2) is 15.1 Å². The van der Waals surface area contributed by atoms with Crippen LogP contribution in [0.5, 0.6) is 0 Å². The molecule has 0 fully saturated rings. The van der Waals surface area contributed by atoms with Gasteiger partial charge in [0.05, 0.1) is 26.0 Å². The third-order valence-electron chi connectivity index (χ3n) is 4.68. The fraction of sp³-hybridized carbons (Fsp3) is 0.400. The largest absolute Gasteiger partial charge is 0.396 e. The molecule has 3 rings (SSSR count). The Bertz CT molecular complexity index is 874. The van der Waals surface area contributed by atoms with Gasteiger partial charge in [0, 0.05) is 18.3 Å². The zero-order valence-electron chi connectivity index (χ0n) is 15.0. The lowest BCUT2D eigenvalue weighted by Crippen LogP contribution is -2.52. The second-order valence-electron chi connectivity index (χ2n) is 6.38. The predicted octanol–water partition coefficient (Wildman–Crippen LogP) is 3.61. The van der Waals surface area contributed by atoms with E-state index in [1.165, 1.54) is 0 Å². The number of aromatic nitrogens is 4. The first kappa shape index (κ1) is 18.9. The predicted molar refractivity (Wildman–Crippen MR) is 113 cm³/mol. The van der Waals surface area contributed by atoms with Gasteiger partial charge in [-0.1, -0.05) is 0 Å². The van der Waals surface area contributed by atoms with Crippen molar-refractivity contribution in [2.24, 2.45) is 0 Å². The molecule has 3 heterocycles. The fourth-order valence-corrected chi connectivity index (χ4v) is 4.08. The molecule has 0 bridgehead atoms. The molecule has 0 aromatic carbocycles. The second-order valence-corrected chi connectivity index (χ2v) is 8.76. The Morgan fingerprint density at radius 2 is 1.24 bits per heavy atom. The van der Waals surface area contributed by atoms with E-state index in [0.717, 1.165) is 47.6 Å². The molecule has 2 aromatic heterocycles. The van der Waals surface area contributed by atoms with Crippen LogP contribution in [0.25, 0.3) is 0 Å². The quantitative estimate of drug-likeness (QED) is 0.567. The van der Waals surface area contributed by atoms with Crippen LogP contribution in [0.1, 0.15) is 36.6 Å². The Morgan fingerprint density at radius 3 is 1.52 bits per heavy atom. The van der Waals surface area contributed by atoms with Gasteiger partial charge in [0.15, 0.2) is 0 Å². The standard InChI is InChI=1S/C15H19BBr3N6/c1-7-13(17)10(4)23(20-7)16(24-11(5)14(18)8(2)21-24)25-12(6)15(19)9(3)22-25/h16H,1-6H3. The number of allylic oxidation sites excluding steroid dienone is 2. The zero-order valence-corrected chi connectivity index (χ0v) is 19.8. The maximum atomic E-state index is 4.78. The Morgan fingerprint density at radius 1 is 0.800 bits per heavy atom. The first-order valence-electron chi connectivity index (χ1n) is 7.96. The molecule has 0 amide bonds. The summed E-state index contributed by atoms with van der Waals surface area (Å²) in [6, 6.07) is 0. The van der Waals surface area contributed by atoms with E-state index in [4.69, 9.17) is 15.3 Å². The highest BCUT2D eigenvalue weighted by atomic mass is 79.9. The molecule has 133 valence electrons. The van der Waals surface area contributed by atoms with Gasteiger partial charge in [0.25, 0.3) is 5.71 Å². The van der Waals surface area contributed by atoms with Crippen molar-refractivity contribution < 1.29 is 0 Å². The molecule has 1 aliphatic heterocycles. The molecule has 0 aliphatic carbocycles. The van der Waals surface area contributed by atoms with Crippen LogP contribution in [0.3, 0.4) is 0 Å². The number of hydrazone groups is 1. The first-order valence-corrected chi connectivity index (χ1v) is 10.3. The van der Waals surface area contributed by atoms with Crippen molar-refractivity contribution in [2.75, 3.05) is 0 Å². The van der Waals surface area contributed by atoms with E-state index in [1.54, 1.807) is 0 Å². The van der Waals surface area contributed by atoms with E-state index in [-0.39, 0.29) is 0 Å². The topological polar surface area (TPSA) is 53.0 Å². The van der Waals surface area contributed by atoms with Crippen LogP contribution in [0, 0.1) is 27.7 Å². The third kappa shape index (κ3) is 2.96. The van der Waals surface area contributed by atoms with Crippen LogP contribution in [0.15, 0.2) is 19.1 Å². The van der Waals surface area contributed by atoms with E-state index >= 15 is 0 Å². The molecule has 1 aliphatic rings. The van der Waals surface area contributed by atoms with Crippen molar-refractivity contribution in [1.82, 2.24) is 29.4 Å². The highest BCUT2D eigenvalue weighted by Gasteiger charge is 2.37. The first-order chi connectivity index (χ1) is 11.6. The van der Waals surface area contributed by atoms with Crippen LogP contribution in [-0.4, -0.2) is 37.1 Å². The fourth-order valence-electron chi connectivity index (χ4n) is 3.23. The average Bonchev–Trinajstić information content (AvgIpc) is 3.08. The zero-order chi connectivity index (χ0) is 18.6. The Balaban J connectivity index is 2.26. The molecule has 25 heavy (non-hydrogen) atoms. The van der Waals surface area contributed by atoms with E-state index in [2.05, 4.69) is 68.6 Å². The minimum Gasteiger partial charge on any atom is -0.396 e. The van der Waals surface area contributed by atoms with Crippen LogP contribution in [0.4, 0.5) is 0 Å². The van der Waals surface area contributed by atoms with Crippen molar-refractivity contribution in [3.05, 3.63) is 41.9 Å². The van der Waals surface area contributed by atoms with E-state index in [9.17, 15) is 0 Å². The summed E-state index contributed by atoms with van der Waals surface area (Å²) in [5.41, 5.74) is 6.04. The van der Waals surface area contributed by atoms with Crippen LogP contribution in [0.2, 0.25) is 0 Å². The van der Waals surface area contributed by atoms with Crippen LogP contribution < -0.4 is 5.10 Å². The second kappa shape index (κ2) is 6.70. The van der Waals surface area contributed by atoms with Gasteiger partial charge in [-0.2, -0.15) is 0 Å². The maximum Gasteiger partial charge on any atom is 0.375 e. The Kier molecular flexibility index (Phi) is 5.07. The molecule has 0 spiro atoms. The Hall–Kier alpha value is -0.865. The molecular formula is C15H19BBr3N6. The van der Waals surface area contributed by atoms with Crippen molar-refractivity contribution in [1.29, 1.82) is 0 Å². The van der Waals surface area contributed by atoms with Gasteiger partial charge in [-0.05, 0) is 82.4 Å². The number of halogens is 3. The summed E-state index contributed by atoms with van der Waals surface area (Å²) in [6.45, 7) is 12.2. The lowest BCUT2D eigenvalue weighted by molar-refractivity contribution is 0.478. The van der Waals surface area contributed by atoms with Gasteiger partial charge in [-0.15, -0.1) is 0 Å². The molecule has 2 aromatic rings. The molecular weight excluding hydrogens is 515 g/mol. The van der Waals surface area contributed by atoms with Crippen molar-refractivity contribution in [3.63, 3.8) is 0 Å². The summed E-state index contributed by atoms with van der Waals surface area (Å²) in [5.74, 6) is 0. The van der Waals surface area contributed by atoms with E-state index in [0.29, 0.717) is 0 Å². The number of nitrogens with zero attached hydrogens (tertiary/aromatic N) is 6. The number of rotatable bonds is 3. The monoisotopic (exact) mass is 531 g/mol. The maximum absolute atomic E-state index is 4.78. The van der Waals surface area contributed by atoms with E-state index in [1.807, 2.05) is 34.9 Å². The highest BCUT2D eigenvalue weighted by molar-refractivity contribution is 9.12. The molecule has 0 unspecified atom stereocenters. The molecule has 0 N–H and O–H groups in total. The summed E-state index contributed by atoms with van der Waals surface area (Å²) in [4.78, 5) is 2.04. The molecule has 1 radical (unpaired) electrons. The molecule has 10 heteroatoms. The average molecular weight is 534 g/mol. The van der Waals surface area contributed by atoms with Crippen LogP contribution >= 0.6 is 47.8 Å². The minimum atomic E-state index is -1.41. The van der Waals surface area contributed by atoms with Crippen molar-refractivity contribution in [2.45, 2.75) is 41.5 Å². The molecule has 0 saturated heterocycles. The summed E-state index contributed by atoms with van der Waals surface area (Å²) in [6.07, 6.45) is 0. The normalized spacial score (nSPS) is 15.0. The Labute approximate surface area is 172 Å². The smallest absolute Gasteiger partial charge is 0.375 e. The summed E-state index contributed by atoms with van der Waals surface area (Å²) in [5, 5.41) is 14.3.